The fourth-order valence-corrected chi connectivity index (χ4v) is 5.77. The number of hydrogen-bond donors (Lipinski definition) is 2. The van der Waals surface area contributed by atoms with Gasteiger partial charge in [-0.2, -0.15) is 5.10 Å². The number of fused-ring (bicyclic) bond motifs is 1. The molecule has 1 amide bonds. The number of nitrogens with zero attached hydrogens (tertiary/aromatic N) is 3. The number of aromatic nitrogens is 2. The lowest BCUT2D eigenvalue weighted by molar-refractivity contribution is 0.103. The highest BCUT2D eigenvalue weighted by Gasteiger charge is 2.31. The second-order valence-corrected chi connectivity index (χ2v) is 9.93. The number of amides is 1. The molecule has 0 spiro atoms. The van der Waals surface area contributed by atoms with Gasteiger partial charge in [-0.05, 0) is 62.1 Å². The van der Waals surface area contributed by atoms with Crippen molar-refractivity contribution >= 4 is 28.1 Å². The minimum Gasteiger partial charge on any atom is -0.497 e. The third-order valence-corrected chi connectivity index (χ3v) is 7.82. The topological polar surface area (TPSA) is 82.7 Å². The highest BCUT2D eigenvalue weighted by Crippen LogP contribution is 2.31. The third kappa shape index (κ3) is 5.05. The van der Waals surface area contributed by atoms with Crippen molar-refractivity contribution in [2.75, 3.05) is 50.6 Å². The summed E-state index contributed by atoms with van der Waals surface area (Å²) in [7, 11) is 3.29. The van der Waals surface area contributed by atoms with Crippen molar-refractivity contribution < 1.29 is 14.3 Å². The van der Waals surface area contributed by atoms with Crippen LogP contribution in [0.2, 0.25) is 0 Å². The number of carbonyl (C=O) groups excluding carboxylic acids is 1. The van der Waals surface area contributed by atoms with Gasteiger partial charge < -0.3 is 19.7 Å². The number of aryl methyl sites for hydroxylation is 2. The van der Waals surface area contributed by atoms with E-state index >= 15 is 0 Å². The van der Waals surface area contributed by atoms with E-state index in [1.54, 1.807) is 25.6 Å². The summed E-state index contributed by atoms with van der Waals surface area (Å²) < 4.78 is 10.7. The Morgan fingerprint density at radius 3 is 2.74 bits per heavy atom. The number of anilines is 2. The number of benzene rings is 1. The Labute approximate surface area is 203 Å². The third-order valence-electron chi connectivity index (χ3n) is 6.67. The van der Waals surface area contributed by atoms with Crippen LogP contribution in [0.4, 0.5) is 10.8 Å². The summed E-state index contributed by atoms with van der Waals surface area (Å²) in [5.41, 5.74) is 1.99. The molecule has 0 saturated carbocycles. The number of aromatic amines is 1. The van der Waals surface area contributed by atoms with E-state index in [0.29, 0.717) is 16.7 Å². The van der Waals surface area contributed by atoms with Crippen LogP contribution in [0, 0.1) is 0 Å². The Morgan fingerprint density at radius 2 is 1.94 bits per heavy atom. The lowest BCUT2D eigenvalue weighted by Gasteiger charge is -2.38. The number of nitrogens with one attached hydrogen (secondary N) is 2. The highest BCUT2D eigenvalue weighted by atomic mass is 32.1. The monoisotopic (exact) mass is 481 g/mol. The van der Waals surface area contributed by atoms with Gasteiger partial charge >= 0.3 is 0 Å². The smallest absolute Gasteiger partial charge is 0.266 e. The van der Waals surface area contributed by atoms with E-state index in [1.807, 2.05) is 30.3 Å². The molecule has 4 heterocycles. The molecule has 1 unspecified atom stereocenters. The quantitative estimate of drug-likeness (QED) is 0.509. The molecule has 2 N–H and O–H groups in total. The van der Waals surface area contributed by atoms with Crippen molar-refractivity contribution in [3.05, 3.63) is 52.5 Å². The maximum absolute atomic E-state index is 12.8. The summed E-state index contributed by atoms with van der Waals surface area (Å²) in [6.07, 6.45) is 4.10. The van der Waals surface area contributed by atoms with Crippen LogP contribution in [0.1, 0.15) is 33.8 Å². The van der Waals surface area contributed by atoms with Gasteiger partial charge in [-0.25, -0.2) is 0 Å². The fourth-order valence-electron chi connectivity index (χ4n) is 4.83. The second kappa shape index (κ2) is 10.1. The minimum absolute atomic E-state index is 0.108. The number of piperazine rings is 1. The molecule has 34 heavy (non-hydrogen) atoms. The fraction of sp³-hybridized carbons (Fsp3) is 0.440. The number of rotatable bonds is 8. The van der Waals surface area contributed by atoms with Gasteiger partial charge in [0.1, 0.15) is 17.3 Å². The first-order valence-electron chi connectivity index (χ1n) is 11.8. The van der Waals surface area contributed by atoms with Crippen LogP contribution in [-0.4, -0.2) is 67.4 Å². The summed E-state index contributed by atoms with van der Waals surface area (Å²) in [5, 5.41) is 11.4. The molecule has 0 aliphatic carbocycles. The van der Waals surface area contributed by atoms with Gasteiger partial charge in [0.2, 0.25) is 0 Å². The van der Waals surface area contributed by atoms with Crippen molar-refractivity contribution in [2.24, 2.45) is 0 Å². The average molecular weight is 482 g/mol. The van der Waals surface area contributed by atoms with E-state index in [1.165, 1.54) is 24.4 Å². The Kier molecular flexibility index (Phi) is 6.73. The predicted octanol–water partition coefficient (Wildman–Crippen LogP) is 3.81. The van der Waals surface area contributed by atoms with E-state index < -0.39 is 0 Å². The first-order chi connectivity index (χ1) is 16.6. The molecule has 2 saturated heterocycles. The van der Waals surface area contributed by atoms with Crippen molar-refractivity contribution in [2.45, 2.75) is 31.7 Å². The maximum atomic E-state index is 12.8. The Morgan fingerprint density at radius 1 is 1.12 bits per heavy atom. The zero-order valence-electron chi connectivity index (χ0n) is 19.7. The van der Waals surface area contributed by atoms with E-state index in [2.05, 4.69) is 31.4 Å². The van der Waals surface area contributed by atoms with Crippen LogP contribution in [0.5, 0.6) is 11.5 Å². The molecule has 2 aromatic heterocycles. The summed E-state index contributed by atoms with van der Waals surface area (Å²) in [4.78, 5) is 18.6. The maximum Gasteiger partial charge on any atom is 0.266 e. The molecule has 3 aromatic rings. The molecule has 1 atom stereocenters. The van der Waals surface area contributed by atoms with Crippen LogP contribution < -0.4 is 19.7 Å². The van der Waals surface area contributed by atoms with Gasteiger partial charge in [-0.3, -0.25) is 14.8 Å². The molecule has 2 aliphatic heterocycles. The first-order valence-corrected chi connectivity index (χ1v) is 12.6. The van der Waals surface area contributed by atoms with Crippen LogP contribution >= 0.6 is 11.3 Å². The molecule has 8 nitrogen and oxygen atoms in total. The molecule has 5 rings (SSSR count). The molecule has 0 radical (unpaired) electrons. The Balaban J connectivity index is 1.16. The summed E-state index contributed by atoms with van der Waals surface area (Å²) in [6, 6.07) is 12.4. The number of H-pyrrole nitrogens is 1. The molecule has 0 bridgehead atoms. The second-order valence-electron chi connectivity index (χ2n) is 8.86. The van der Waals surface area contributed by atoms with Crippen molar-refractivity contribution in [1.29, 1.82) is 0 Å². The van der Waals surface area contributed by atoms with E-state index in [0.717, 1.165) is 55.2 Å². The largest absolute Gasteiger partial charge is 0.497 e. The molecule has 180 valence electrons. The Bertz CT molecular complexity index is 1120. The van der Waals surface area contributed by atoms with Crippen molar-refractivity contribution in [3.8, 4) is 11.5 Å². The van der Waals surface area contributed by atoms with Gasteiger partial charge in [0, 0.05) is 37.8 Å². The molecule has 2 fully saturated rings. The minimum atomic E-state index is -0.108. The standard InChI is InChI=1S/C25H31N5O3S/c1-32-20-12-17(13-21(15-20)33-2)5-6-18-14-23(28-27-18)26-25(31)22-7-8-24(34-22)30-11-10-29-9-3-4-19(29)16-30/h7-8,12-15,19H,3-6,9-11,16H2,1-2H3,(H2,26,27,28,31). The number of methoxy groups -OCH3 is 2. The zero-order valence-corrected chi connectivity index (χ0v) is 20.5. The van der Waals surface area contributed by atoms with Gasteiger partial charge in [0.15, 0.2) is 0 Å². The van der Waals surface area contributed by atoms with Crippen LogP contribution in [0.15, 0.2) is 36.4 Å². The molecular weight excluding hydrogens is 450 g/mol. The van der Waals surface area contributed by atoms with Gasteiger partial charge in [0.25, 0.3) is 5.91 Å². The SMILES string of the molecule is COc1cc(CCc2cc(NC(=O)c3ccc(N4CCN5CCCC5C4)s3)[nH]n2)cc(OC)c1. The average Bonchev–Trinajstić information content (AvgIpc) is 3.62. The van der Waals surface area contributed by atoms with Crippen LogP contribution in [0.3, 0.4) is 0 Å². The molecule has 1 aromatic carbocycles. The summed E-state index contributed by atoms with van der Waals surface area (Å²) in [6.45, 7) is 4.44. The number of thiophene rings is 1. The van der Waals surface area contributed by atoms with Gasteiger partial charge in [0.05, 0.1) is 29.8 Å². The predicted molar refractivity (Wildman–Crippen MR) is 135 cm³/mol. The molecule has 9 heteroatoms. The molecule has 2 aliphatic rings. The lowest BCUT2D eigenvalue weighted by atomic mass is 10.1. The Hall–Kier alpha value is -3.04. The summed E-state index contributed by atoms with van der Waals surface area (Å²) >= 11 is 1.56. The van der Waals surface area contributed by atoms with E-state index in [9.17, 15) is 4.79 Å². The number of carbonyl (C=O) groups is 1. The number of hydrogen-bond acceptors (Lipinski definition) is 7. The van der Waals surface area contributed by atoms with Crippen molar-refractivity contribution in [1.82, 2.24) is 15.1 Å². The van der Waals surface area contributed by atoms with Crippen molar-refractivity contribution in [3.63, 3.8) is 0 Å². The number of ether oxygens (including phenoxy) is 2. The highest BCUT2D eigenvalue weighted by molar-refractivity contribution is 7.18. The molecular formula is C25H31N5O3S. The van der Waals surface area contributed by atoms with Gasteiger partial charge in [-0.15, -0.1) is 11.3 Å². The summed E-state index contributed by atoms with van der Waals surface area (Å²) in [5.74, 6) is 2.04. The van der Waals surface area contributed by atoms with E-state index in [-0.39, 0.29) is 5.91 Å². The normalized spacial score (nSPS) is 18.1. The lowest BCUT2D eigenvalue weighted by Crippen LogP contribution is -2.49. The van der Waals surface area contributed by atoms with Crippen LogP contribution in [-0.2, 0) is 12.8 Å². The first kappa shape index (κ1) is 22.7. The zero-order chi connectivity index (χ0) is 23.5. The van der Waals surface area contributed by atoms with Gasteiger partial charge in [-0.1, -0.05) is 0 Å². The van der Waals surface area contributed by atoms with E-state index in [4.69, 9.17) is 9.47 Å². The van der Waals surface area contributed by atoms with Crippen LogP contribution in [0.25, 0.3) is 0 Å².